The van der Waals surface area contributed by atoms with Crippen molar-refractivity contribution < 1.29 is 32.9 Å². The van der Waals surface area contributed by atoms with Gasteiger partial charge in [-0.1, -0.05) is 12.1 Å². The van der Waals surface area contributed by atoms with E-state index in [0.29, 0.717) is 11.3 Å². The van der Waals surface area contributed by atoms with Gasteiger partial charge in [0.25, 0.3) is 0 Å². The quantitative estimate of drug-likeness (QED) is 0.555. The van der Waals surface area contributed by atoms with Crippen LogP contribution in [-0.4, -0.2) is 41.5 Å². The van der Waals surface area contributed by atoms with Gasteiger partial charge in [0.2, 0.25) is 11.8 Å². The summed E-state index contributed by atoms with van der Waals surface area (Å²) in [6, 6.07) is 7.86. The van der Waals surface area contributed by atoms with Gasteiger partial charge in [0, 0.05) is 0 Å². The number of hydrogen-bond acceptors (Lipinski definition) is 9. The molecule has 1 aromatic heterocycles. The largest absolute Gasteiger partial charge is 0.481 e. The highest BCUT2D eigenvalue weighted by Crippen LogP contribution is 2.61. The Hall–Kier alpha value is -2.19. The minimum atomic E-state index is -3.79. The number of ether oxygens (including phenoxy) is 3. The lowest BCUT2D eigenvalue weighted by atomic mass is 10.2. The Morgan fingerprint density at radius 1 is 0.897 bits per heavy atom. The third-order valence-electron chi connectivity index (χ3n) is 3.48. The summed E-state index contributed by atoms with van der Waals surface area (Å²) in [5, 5.41) is 10.6. The molecule has 29 heavy (non-hydrogen) atoms. The van der Waals surface area contributed by atoms with E-state index in [2.05, 4.69) is 9.97 Å². The summed E-state index contributed by atoms with van der Waals surface area (Å²) in [5.41, 5.74) is 0.367. The predicted octanol–water partition coefficient (Wildman–Crippen LogP) is 4.32. The molecule has 1 atom stereocenters. The van der Waals surface area contributed by atoms with E-state index in [-0.39, 0.29) is 30.0 Å². The summed E-state index contributed by atoms with van der Waals surface area (Å²) in [4.78, 5) is 8.18. The molecule has 0 fully saturated rings. The molecule has 1 N–H and O–H groups in total. The van der Waals surface area contributed by atoms with Crippen molar-refractivity contribution in [3.8, 4) is 23.5 Å². The zero-order valence-corrected chi connectivity index (χ0v) is 18.3. The van der Waals surface area contributed by atoms with Crippen molar-refractivity contribution in [1.82, 2.24) is 9.97 Å². The van der Waals surface area contributed by atoms with Crippen LogP contribution in [0, 0.1) is 0 Å². The van der Waals surface area contributed by atoms with E-state index in [9.17, 15) is 9.67 Å². The van der Waals surface area contributed by atoms with Crippen LogP contribution in [0.5, 0.6) is 23.5 Å². The minimum Gasteiger partial charge on any atom is -0.481 e. The van der Waals surface area contributed by atoms with Gasteiger partial charge in [-0.3, -0.25) is 4.57 Å². The number of rotatable bonds is 10. The molecule has 1 unspecified atom stereocenters. The van der Waals surface area contributed by atoms with E-state index >= 15 is 0 Å². The molecule has 2 aromatic rings. The van der Waals surface area contributed by atoms with Gasteiger partial charge in [0.15, 0.2) is 5.85 Å². The van der Waals surface area contributed by atoms with Gasteiger partial charge in [0.05, 0.1) is 32.5 Å². The third-order valence-corrected chi connectivity index (χ3v) is 5.81. The first-order valence-electron chi connectivity index (χ1n) is 9.06. The van der Waals surface area contributed by atoms with E-state index in [4.69, 9.17) is 23.3 Å². The Morgan fingerprint density at radius 2 is 1.38 bits per heavy atom. The Balaban J connectivity index is 2.21. The molecular weight excluding hydrogens is 399 g/mol. The zero-order valence-electron chi connectivity index (χ0n) is 17.4. The molecule has 0 aliphatic rings. The summed E-state index contributed by atoms with van der Waals surface area (Å²) < 4.78 is 39.8. The van der Waals surface area contributed by atoms with E-state index < -0.39 is 13.4 Å². The molecule has 0 saturated heterocycles. The molecule has 0 radical (unpaired) electrons. The van der Waals surface area contributed by atoms with E-state index in [0.717, 1.165) is 0 Å². The fourth-order valence-corrected chi connectivity index (χ4v) is 4.36. The van der Waals surface area contributed by atoms with Crippen molar-refractivity contribution >= 4 is 7.60 Å². The van der Waals surface area contributed by atoms with Gasteiger partial charge in [-0.25, -0.2) is 0 Å². The fraction of sp³-hybridized carbons (Fsp3) is 0.474. The second-order valence-electron chi connectivity index (χ2n) is 6.63. The lowest BCUT2D eigenvalue weighted by Gasteiger charge is -2.27. The maximum atomic E-state index is 13.1. The first-order chi connectivity index (χ1) is 13.7. The fourth-order valence-electron chi connectivity index (χ4n) is 2.36. The van der Waals surface area contributed by atoms with Crippen molar-refractivity contribution in [2.45, 2.75) is 45.7 Å². The number of nitrogens with zero attached hydrogens (tertiary/aromatic N) is 2. The molecule has 1 heterocycles. The van der Waals surface area contributed by atoms with Crippen LogP contribution in [0.15, 0.2) is 30.3 Å². The van der Waals surface area contributed by atoms with Crippen LogP contribution < -0.4 is 14.2 Å². The van der Waals surface area contributed by atoms with Crippen LogP contribution >= 0.6 is 7.60 Å². The predicted molar refractivity (Wildman–Crippen MR) is 107 cm³/mol. The number of aliphatic hydroxyl groups excluding tert-OH is 1. The maximum absolute atomic E-state index is 13.1. The summed E-state index contributed by atoms with van der Waals surface area (Å²) in [5.74, 6) is -0.455. The van der Waals surface area contributed by atoms with Crippen LogP contribution in [-0.2, 0) is 13.6 Å². The topological polar surface area (TPSA) is 109 Å². The van der Waals surface area contributed by atoms with Gasteiger partial charge in [-0.2, -0.15) is 9.97 Å². The standard InChI is InChI=1S/C19H27N2O7P/c1-12(2)27-29(23,28-13(3)4)18(22)14-7-9-15(10-8-14)26-19-20-16(24-5)11-17(21-19)25-6/h7-13,18,22H,1-6H3. The minimum absolute atomic E-state index is 0.0338. The number of aliphatic hydroxyl groups is 1. The Morgan fingerprint density at radius 3 is 1.79 bits per heavy atom. The smallest absolute Gasteiger partial charge is 0.363 e. The van der Waals surface area contributed by atoms with Crippen LogP contribution in [0.2, 0.25) is 0 Å². The molecule has 160 valence electrons. The molecule has 0 aliphatic carbocycles. The molecule has 0 aliphatic heterocycles. The van der Waals surface area contributed by atoms with Crippen molar-refractivity contribution in [1.29, 1.82) is 0 Å². The molecule has 10 heteroatoms. The van der Waals surface area contributed by atoms with Crippen LogP contribution in [0.25, 0.3) is 0 Å². The molecule has 2 rings (SSSR count). The Labute approximate surface area is 170 Å². The van der Waals surface area contributed by atoms with Gasteiger partial charge < -0.3 is 28.4 Å². The Kier molecular flexibility index (Phi) is 7.98. The highest BCUT2D eigenvalue weighted by molar-refractivity contribution is 7.54. The van der Waals surface area contributed by atoms with Crippen molar-refractivity contribution in [2.75, 3.05) is 14.2 Å². The summed E-state index contributed by atoms with van der Waals surface area (Å²) in [6.45, 7) is 6.90. The lowest BCUT2D eigenvalue weighted by molar-refractivity contribution is 0.101. The van der Waals surface area contributed by atoms with Gasteiger partial charge >= 0.3 is 13.6 Å². The number of hydrogen-bond donors (Lipinski definition) is 1. The van der Waals surface area contributed by atoms with Crippen molar-refractivity contribution in [3.05, 3.63) is 35.9 Å². The highest BCUT2D eigenvalue weighted by atomic mass is 31.2. The summed E-state index contributed by atoms with van der Waals surface area (Å²) in [6.07, 6.45) is -0.755. The normalized spacial score (nSPS) is 12.9. The van der Waals surface area contributed by atoms with Gasteiger partial charge in [-0.15, -0.1) is 0 Å². The van der Waals surface area contributed by atoms with Gasteiger partial charge in [-0.05, 0) is 45.4 Å². The van der Waals surface area contributed by atoms with E-state index in [1.54, 1.807) is 52.0 Å². The van der Waals surface area contributed by atoms with Crippen LogP contribution in [0.1, 0.15) is 39.1 Å². The average Bonchev–Trinajstić information content (AvgIpc) is 2.66. The zero-order chi connectivity index (χ0) is 21.6. The molecule has 1 aromatic carbocycles. The number of methoxy groups -OCH3 is 2. The lowest BCUT2D eigenvalue weighted by Crippen LogP contribution is -2.13. The van der Waals surface area contributed by atoms with E-state index in [1.807, 2.05) is 0 Å². The second-order valence-corrected chi connectivity index (χ2v) is 8.62. The van der Waals surface area contributed by atoms with Crippen molar-refractivity contribution in [2.24, 2.45) is 0 Å². The van der Waals surface area contributed by atoms with Crippen LogP contribution in [0.3, 0.4) is 0 Å². The summed E-state index contributed by atoms with van der Waals surface area (Å²) >= 11 is 0. The van der Waals surface area contributed by atoms with E-state index in [1.165, 1.54) is 20.3 Å². The average molecular weight is 426 g/mol. The van der Waals surface area contributed by atoms with Gasteiger partial charge in [0.1, 0.15) is 5.75 Å². The molecule has 0 bridgehead atoms. The molecule has 0 saturated carbocycles. The monoisotopic (exact) mass is 426 g/mol. The number of benzene rings is 1. The number of aromatic nitrogens is 2. The third kappa shape index (κ3) is 6.40. The molecule has 9 nitrogen and oxygen atoms in total. The maximum Gasteiger partial charge on any atom is 0.363 e. The first kappa shape index (κ1) is 23.1. The highest BCUT2D eigenvalue weighted by Gasteiger charge is 2.38. The second kappa shape index (κ2) is 10.0. The van der Waals surface area contributed by atoms with Crippen molar-refractivity contribution in [3.63, 3.8) is 0 Å². The Bertz CT molecular complexity index is 807. The van der Waals surface area contributed by atoms with Crippen LogP contribution in [0.4, 0.5) is 0 Å². The first-order valence-corrected chi connectivity index (χ1v) is 10.7. The summed E-state index contributed by atoms with van der Waals surface area (Å²) in [7, 11) is -0.849. The SMILES string of the molecule is COc1cc(OC)nc(Oc2ccc(C(O)P(=O)(OC(C)C)OC(C)C)cc2)n1. The molecule has 0 amide bonds. The molecular formula is C19H27N2O7P. The molecule has 0 spiro atoms.